The zero-order valence-electron chi connectivity index (χ0n) is 18.4. The molecule has 1 aromatic heterocycles. The average Bonchev–Trinajstić information content (AvgIpc) is 3.23. The van der Waals surface area contributed by atoms with Crippen molar-refractivity contribution in [2.24, 2.45) is 5.92 Å². The molecule has 32 heavy (non-hydrogen) atoms. The van der Waals surface area contributed by atoms with Crippen LogP contribution in [-0.2, 0) is 6.54 Å². The number of hydrogen-bond acceptors (Lipinski definition) is 4. The third kappa shape index (κ3) is 4.13. The molecule has 3 heterocycles. The first kappa shape index (κ1) is 20.7. The number of fused-ring (bicyclic) bond motifs is 1. The lowest BCUT2D eigenvalue weighted by molar-refractivity contribution is 0.0612. The van der Waals surface area contributed by atoms with Gasteiger partial charge in [0, 0.05) is 55.8 Å². The second-order valence-electron chi connectivity index (χ2n) is 8.78. The maximum atomic E-state index is 13.4. The molecule has 2 fully saturated rings. The monoisotopic (exact) mass is 427 g/mol. The highest BCUT2D eigenvalue weighted by atomic mass is 16.5. The largest absolute Gasteiger partial charge is 0.497 e. The number of rotatable bonds is 5. The van der Waals surface area contributed by atoms with Crippen molar-refractivity contribution in [3.8, 4) is 5.75 Å². The number of pyridine rings is 1. The van der Waals surface area contributed by atoms with Crippen LogP contribution in [0.25, 0.3) is 0 Å². The minimum Gasteiger partial charge on any atom is -0.497 e. The highest BCUT2D eigenvalue weighted by Gasteiger charge is 2.47. The molecule has 5 rings (SSSR count). The number of benzene rings is 2. The molecule has 2 aliphatic heterocycles. The van der Waals surface area contributed by atoms with Gasteiger partial charge in [0.15, 0.2) is 0 Å². The Hall–Kier alpha value is -3.18. The van der Waals surface area contributed by atoms with Crippen molar-refractivity contribution in [3.05, 3.63) is 95.8 Å². The maximum absolute atomic E-state index is 13.4. The maximum Gasteiger partial charge on any atom is 0.254 e. The van der Waals surface area contributed by atoms with Gasteiger partial charge in [-0.3, -0.25) is 14.7 Å². The minimum atomic E-state index is 0.148. The van der Waals surface area contributed by atoms with Gasteiger partial charge in [-0.2, -0.15) is 0 Å². The molecule has 3 atom stereocenters. The summed E-state index contributed by atoms with van der Waals surface area (Å²) in [5.74, 6) is 1.72. The van der Waals surface area contributed by atoms with Crippen molar-refractivity contribution < 1.29 is 9.53 Å². The van der Waals surface area contributed by atoms with Gasteiger partial charge in [-0.05, 0) is 48.4 Å². The molecule has 2 aromatic carbocycles. The van der Waals surface area contributed by atoms with Crippen molar-refractivity contribution in [1.29, 1.82) is 0 Å². The van der Waals surface area contributed by atoms with Crippen LogP contribution in [0.4, 0.5) is 0 Å². The van der Waals surface area contributed by atoms with Crippen LogP contribution in [0.1, 0.15) is 34.0 Å². The van der Waals surface area contributed by atoms with Gasteiger partial charge in [0.2, 0.25) is 0 Å². The fraction of sp³-hybridized carbons (Fsp3) is 0.333. The van der Waals surface area contributed by atoms with E-state index in [0.717, 1.165) is 49.6 Å². The smallest absolute Gasteiger partial charge is 0.254 e. The van der Waals surface area contributed by atoms with Gasteiger partial charge < -0.3 is 9.64 Å². The number of carbonyl (C=O) groups is 1. The van der Waals surface area contributed by atoms with Crippen LogP contribution in [0.2, 0.25) is 0 Å². The lowest BCUT2D eigenvalue weighted by Crippen LogP contribution is -2.47. The van der Waals surface area contributed by atoms with Crippen LogP contribution in [0.15, 0.2) is 79.0 Å². The van der Waals surface area contributed by atoms with Crippen LogP contribution >= 0.6 is 0 Å². The molecule has 5 heteroatoms. The summed E-state index contributed by atoms with van der Waals surface area (Å²) in [6.45, 7) is 3.56. The summed E-state index contributed by atoms with van der Waals surface area (Å²) in [4.78, 5) is 22.6. The van der Waals surface area contributed by atoms with Crippen LogP contribution in [0.5, 0.6) is 5.75 Å². The van der Waals surface area contributed by atoms with Crippen molar-refractivity contribution in [2.75, 3.05) is 26.7 Å². The van der Waals surface area contributed by atoms with E-state index in [1.807, 2.05) is 60.8 Å². The quantitative estimate of drug-likeness (QED) is 0.612. The molecule has 0 unspecified atom stereocenters. The zero-order chi connectivity index (χ0) is 21.9. The predicted molar refractivity (Wildman–Crippen MR) is 125 cm³/mol. The number of nitrogens with zero attached hydrogens (tertiary/aromatic N) is 3. The van der Waals surface area contributed by atoms with Gasteiger partial charge in [0.05, 0.1) is 12.8 Å². The molecule has 0 saturated carbocycles. The SMILES string of the molecule is COc1ccc([C@H]2CN(C(=O)c3ccccc3)[C@@H]3CCN(Cc4ccccn4)C[C@H]23)cc1. The van der Waals surface area contributed by atoms with Crippen LogP contribution in [0.3, 0.4) is 0 Å². The van der Waals surface area contributed by atoms with Gasteiger partial charge in [-0.25, -0.2) is 0 Å². The number of piperidine rings is 1. The van der Waals surface area contributed by atoms with E-state index < -0.39 is 0 Å². The van der Waals surface area contributed by atoms with Crippen molar-refractivity contribution in [2.45, 2.75) is 24.9 Å². The first-order chi connectivity index (χ1) is 15.7. The van der Waals surface area contributed by atoms with E-state index in [1.165, 1.54) is 5.56 Å². The van der Waals surface area contributed by atoms with Crippen LogP contribution < -0.4 is 4.74 Å². The summed E-state index contributed by atoms with van der Waals surface area (Å²) < 4.78 is 5.36. The molecule has 0 radical (unpaired) electrons. The molecule has 0 aliphatic carbocycles. The normalized spacial score (nSPS) is 23.0. The van der Waals surface area contributed by atoms with Gasteiger partial charge in [-0.1, -0.05) is 36.4 Å². The number of ether oxygens (including phenoxy) is 1. The first-order valence-electron chi connectivity index (χ1n) is 11.3. The van der Waals surface area contributed by atoms with E-state index in [1.54, 1.807) is 7.11 Å². The van der Waals surface area contributed by atoms with Gasteiger partial charge in [0.1, 0.15) is 5.75 Å². The van der Waals surface area contributed by atoms with Crippen molar-refractivity contribution in [1.82, 2.24) is 14.8 Å². The molecule has 5 nitrogen and oxygen atoms in total. The third-order valence-electron chi connectivity index (χ3n) is 6.95. The third-order valence-corrected chi connectivity index (χ3v) is 6.95. The van der Waals surface area contributed by atoms with Crippen molar-refractivity contribution in [3.63, 3.8) is 0 Å². The Balaban J connectivity index is 1.41. The summed E-state index contributed by atoms with van der Waals surface area (Å²) in [6.07, 6.45) is 2.85. The van der Waals surface area contributed by atoms with Crippen molar-refractivity contribution >= 4 is 5.91 Å². The summed E-state index contributed by atoms with van der Waals surface area (Å²) in [5.41, 5.74) is 3.16. The summed E-state index contributed by atoms with van der Waals surface area (Å²) >= 11 is 0. The fourth-order valence-electron chi connectivity index (χ4n) is 5.35. The molecule has 0 spiro atoms. The molecular formula is C27H29N3O2. The van der Waals surface area contributed by atoms with E-state index >= 15 is 0 Å². The molecule has 0 N–H and O–H groups in total. The standard InChI is InChI=1S/C27H29N3O2/c1-32-23-12-10-20(11-13-23)24-19-30(27(31)21-7-3-2-4-8-21)26-14-16-29(18-25(24)26)17-22-9-5-6-15-28-22/h2-13,15,24-26H,14,16-19H2,1H3/t24-,25-,26-/m1/s1. The predicted octanol–water partition coefficient (Wildman–Crippen LogP) is 4.22. The number of aromatic nitrogens is 1. The van der Waals surface area contributed by atoms with Gasteiger partial charge in [0.25, 0.3) is 5.91 Å². The second kappa shape index (κ2) is 9.13. The Labute approximate surface area is 189 Å². The number of carbonyl (C=O) groups excluding carboxylic acids is 1. The summed E-state index contributed by atoms with van der Waals surface area (Å²) in [6, 6.07) is 24.4. The summed E-state index contributed by atoms with van der Waals surface area (Å²) in [7, 11) is 1.69. The Morgan fingerprint density at radius 2 is 1.78 bits per heavy atom. The molecule has 0 bridgehead atoms. The van der Waals surface area contributed by atoms with E-state index in [2.05, 4.69) is 33.0 Å². The van der Waals surface area contributed by atoms with E-state index in [4.69, 9.17) is 4.74 Å². The fourth-order valence-corrected chi connectivity index (χ4v) is 5.35. The lowest BCUT2D eigenvalue weighted by atomic mass is 9.81. The van der Waals surface area contributed by atoms with E-state index in [0.29, 0.717) is 11.8 Å². The zero-order valence-corrected chi connectivity index (χ0v) is 18.4. The summed E-state index contributed by atoms with van der Waals surface area (Å²) in [5, 5.41) is 0. The topological polar surface area (TPSA) is 45.7 Å². The Morgan fingerprint density at radius 3 is 2.50 bits per heavy atom. The average molecular weight is 428 g/mol. The highest BCUT2D eigenvalue weighted by molar-refractivity contribution is 5.94. The molecule has 2 saturated heterocycles. The second-order valence-corrected chi connectivity index (χ2v) is 8.78. The lowest BCUT2D eigenvalue weighted by Gasteiger charge is -2.39. The number of likely N-dealkylation sites (tertiary alicyclic amines) is 2. The Bertz CT molecular complexity index is 1040. The Kier molecular flexibility index (Phi) is 5.91. The van der Waals surface area contributed by atoms with Gasteiger partial charge in [-0.15, -0.1) is 0 Å². The number of methoxy groups -OCH3 is 1. The molecule has 2 aliphatic rings. The highest BCUT2D eigenvalue weighted by Crippen LogP contribution is 2.42. The molecule has 164 valence electrons. The van der Waals surface area contributed by atoms with Crippen LogP contribution in [0, 0.1) is 5.92 Å². The molecule has 3 aromatic rings. The molecular weight excluding hydrogens is 398 g/mol. The first-order valence-corrected chi connectivity index (χ1v) is 11.3. The van der Waals surface area contributed by atoms with E-state index in [-0.39, 0.29) is 11.9 Å². The number of hydrogen-bond donors (Lipinski definition) is 0. The number of amides is 1. The minimum absolute atomic E-state index is 0.148. The van der Waals surface area contributed by atoms with Crippen LogP contribution in [-0.4, -0.2) is 53.5 Å². The van der Waals surface area contributed by atoms with E-state index in [9.17, 15) is 4.79 Å². The van der Waals surface area contributed by atoms with Gasteiger partial charge >= 0.3 is 0 Å². The Morgan fingerprint density at radius 1 is 1.00 bits per heavy atom. The molecule has 1 amide bonds.